The van der Waals surface area contributed by atoms with Crippen molar-refractivity contribution >= 4 is 104 Å². The van der Waals surface area contributed by atoms with Crippen LogP contribution in [0.15, 0.2) is 59.7 Å². The van der Waals surface area contributed by atoms with Crippen LogP contribution in [0, 0.1) is 5.41 Å². The zero-order chi connectivity index (χ0) is 36.3. The Morgan fingerprint density at radius 3 is 2.22 bits per heavy atom. The minimum atomic E-state index is -1.16. The first kappa shape index (κ1) is 41.1. The van der Waals surface area contributed by atoms with Crippen LogP contribution in [-0.4, -0.2) is 40.6 Å². The van der Waals surface area contributed by atoms with Gasteiger partial charge < -0.3 is 21.1 Å². The molecule has 3 amide bonds. The molecule has 1 aliphatic heterocycles. The van der Waals surface area contributed by atoms with Gasteiger partial charge in [0.15, 0.2) is 22.9 Å². The van der Waals surface area contributed by atoms with E-state index in [9.17, 15) is 14.4 Å². The topological polar surface area (TPSA) is 150 Å². The highest BCUT2D eigenvalue weighted by Crippen LogP contribution is 2.40. The van der Waals surface area contributed by atoms with E-state index in [1.807, 2.05) is 12.1 Å². The van der Waals surface area contributed by atoms with Crippen molar-refractivity contribution in [1.82, 2.24) is 5.32 Å². The van der Waals surface area contributed by atoms with Gasteiger partial charge in [-0.25, -0.2) is 0 Å². The van der Waals surface area contributed by atoms with E-state index < -0.39 is 23.0 Å². The third-order valence-corrected chi connectivity index (χ3v) is 10.3. The maximum Gasteiger partial charge on any atom is 0.268 e. The zero-order valence-corrected chi connectivity index (χ0v) is 33.2. The predicted molar refractivity (Wildman–Crippen MR) is 211 cm³/mol. The SMILES string of the molecule is Br.CCC(C)(C)c1ccc(OCC(=O)Nc2cccc(C(=O)NC3=NN(c4c(Cl)cc(Cl)cc4Cl)C(=O)C3SC(=N)N)c2)c(C(C)(C)CC)c1. The fourth-order valence-corrected chi connectivity index (χ4v) is 6.58. The molecule has 3 aromatic carbocycles. The number of carbonyl (C=O) groups is 3. The van der Waals surface area contributed by atoms with Crippen molar-refractivity contribution in [3.63, 3.8) is 0 Å². The Balaban J connectivity index is 0.00000676. The molecule has 50 heavy (non-hydrogen) atoms. The molecule has 5 N–H and O–H groups in total. The Morgan fingerprint density at radius 2 is 1.62 bits per heavy atom. The Morgan fingerprint density at radius 1 is 0.980 bits per heavy atom. The van der Waals surface area contributed by atoms with Crippen LogP contribution in [-0.2, 0) is 20.4 Å². The number of halogens is 4. The fourth-order valence-electron chi connectivity index (χ4n) is 4.93. The van der Waals surface area contributed by atoms with Crippen molar-refractivity contribution in [2.75, 3.05) is 16.9 Å². The molecule has 0 saturated carbocycles. The van der Waals surface area contributed by atoms with E-state index in [4.69, 9.17) is 50.7 Å². The van der Waals surface area contributed by atoms with Gasteiger partial charge in [-0.3, -0.25) is 19.8 Å². The van der Waals surface area contributed by atoms with Gasteiger partial charge in [0.25, 0.3) is 17.7 Å². The van der Waals surface area contributed by atoms with Gasteiger partial charge in [0.05, 0.1) is 10.0 Å². The molecule has 10 nitrogen and oxygen atoms in total. The third kappa shape index (κ3) is 9.52. The summed E-state index contributed by atoms with van der Waals surface area (Å²) in [4.78, 5) is 39.7. The minimum absolute atomic E-state index is 0. The van der Waals surface area contributed by atoms with Gasteiger partial charge in [-0.15, -0.1) is 22.1 Å². The Hall–Kier alpha value is -3.29. The van der Waals surface area contributed by atoms with E-state index in [1.54, 1.807) is 12.1 Å². The molecule has 0 saturated heterocycles. The van der Waals surface area contributed by atoms with Gasteiger partial charge >= 0.3 is 0 Å². The van der Waals surface area contributed by atoms with Gasteiger partial charge in [-0.05, 0) is 65.6 Å². The molecule has 1 unspecified atom stereocenters. The number of nitrogens with two attached hydrogens (primary N) is 1. The summed E-state index contributed by atoms with van der Waals surface area (Å²) in [5.74, 6) is -1.10. The summed E-state index contributed by atoms with van der Waals surface area (Å²) >= 11 is 19.4. The van der Waals surface area contributed by atoms with Crippen molar-refractivity contribution in [2.45, 2.75) is 70.5 Å². The highest BCUT2D eigenvalue weighted by Gasteiger charge is 2.40. The number of benzene rings is 3. The van der Waals surface area contributed by atoms with Crippen LogP contribution in [0.25, 0.3) is 0 Å². The summed E-state index contributed by atoms with van der Waals surface area (Å²) in [6, 6.07) is 15.2. The lowest BCUT2D eigenvalue weighted by Gasteiger charge is -2.30. The summed E-state index contributed by atoms with van der Waals surface area (Å²) in [6.45, 7) is 12.8. The highest BCUT2D eigenvalue weighted by molar-refractivity contribution is 8.93. The van der Waals surface area contributed by atoms with Crippen LogP contribution in [0.4, 0.5) is 11.4 Å². The number of ether oxygens (including phenoxy) is 1. The molecule has 1 heterocycles. The number of carbonyl (C=O) groups excluding carboxylic acids is 3. The molecule has 0 fully saturated rings. The predicted octanol–water partition coefficient (Wildman–Crippen LogP) is 8.70. The average Bonchev–Trinajstić information content (AvgIpc) is 3.32. The number of hydrogen-bond acceptors (Lipinski definition) is 7. The monoisotopic (exact) mass is 824 g/mol. The molecule has 0 aromatic heterocycles. The Kier molecular flexibility index (Phi) is 13.8. The Bertz CT molecular complexity index is 1810. The molecule has 268 valence electrons. The van der Waals surface area contributed by atoms with Crippen molar-refractivity contribution < 1.29 is 19.1 Å². The number of amides is 3. The summed E-state index contributed by atoms with van der Waals surface area (Å²) in [7, 11) is 0. The van der Waals surface area contributed by atoms with Crippen LogP contribution < -0.4 is 26.1 Å². The standard InChI is InChI=1S/C35H39Cl3N6O4S.BrH/c1-7-34(3,4)20-12-13-26(23(15-20)35(5,6)8-2)48-18-27(45)41-22-11-9-10-19(14-22)31(46)42-30-29(49-33(39)40)32(47)44(43-30)28-24(37)16-21(36)17-25(28)38;/h9-17,29H,7-8,18H2,1-6H3,(H3,39,40)(H,41,45)(H,42,43,46);1H. The molecule has 1 aliphatic rings. The second-order valence-electron chi connectivity index (χ2n) is 12.8. The number of hydrazone groups is 1. The lowest BCUT2D eigenvalue weighted by molar-refractivity contribution is -0.118. The van der Waals surface area contributed by atoms with E-state index in [2.05, 4.69) is 63.3 Å². The van der Waals surface area contributed by atoms with Crippen molar-refractivity contribution in [2.24, 2.45) is 10.8 Å². The van der Waals surface area contributed by atoms with Gasteiger partial charge in [0.1, 0.15) is 11.4 Å². The first-order valence-corrected chi connectivity index (χ1v) is 17.6. The van der Waals surface area contributed by atoms with Gasteiger partial charge in [0.2, 0.25) is 0 Å². The average molecular weight is 827 g/mol. The number of amidine groups is 2. The highest BCUT2D eigenvalue weighted by atomic mass is 79.9. The summed E-state index contributed by atoms with van der Waals surface area (Å²) in [5, 5.41) is 17.2. The van der Waals surface area contributed by atoms with E-state index in [0.29, 0.717) is 23.2 Å². The van der Waals surface area contributed by atoms with Crippen molar-refractivity contribution in [3.05, 3.63) is 86.4 Å². The molecule has 0 bridgehead atoms. The maximum absolute atomic E-state index is 13.4. The summed E-state index contributed by atoms with van der Waals surface area (Å²) < 4.78 is 6.05. The lowest BCUT2D eigenvalue weighted by Crippen LogP contribution is -2.40. The second-order valence-corrected chi connectivity index (χ2v) is 15.2. The van der Waals surface area contributed by atoms with E-state index in [1.165, 1.54) is 29.8 Å². The van der Waals surface area contributed by atoms with Crippen LogP contribution in [0.3, 0.4) is 0 Å². The Labute approximate surface area is 322 Å². The second kappa shape index (κ2) is 16.8. The van der Waals surface area contributed by atoms with E-state index in [-0.39, 0.29) is 71.7 Å². The lowest BCUT2D eigenvalue weighted by atomic mass is 9.76. The first-order valence-electron chi connectivity index (χ1n) is 15.5. The van der Waals surface area contributed by atoms with Crippen LogP contribution >= 0.6 is 63.5 Å². The quantitative estimate of drug-likeness (QED) is 0.112. The summed E-state index contributed by atoms with van der Waals surface area (Å²) in [6.07, 6.45) is 1.87. The number of hydrogen-bond donors (Lipinski definition) is 4. The number of thioether (sulfide) groups is 1. The molecule has 1 atom stereocenters. The number of anilines is 2. The third-order valence-electron chi connectivity index (χ3n) is 8.59. The van der Waals surface area contributed by atoms with Crippen molar-refractivity contribution in [1.29, 1.82) is 5.41 Å². The normalized spacial score (nSPS) is 14.5. The van der Waals surface area contributed by atoms with Crippen LogP contribution in [0.1, 0.15) is 75.9 Å². The molecule has 0 radical (unpaired) electrons. The minimum Gasteiger partial charge on any atom is -0.483 e. The fraction of sp³-hybridized carbons (Fsp3) is 0.343. The zero-order valence-electron chi connectivity index (χ0n) is 28.4. The van der Waals surface area contributed by atoms with E-state index >= 15 is 0 Å². The first-order chi connectivity index (χ1) is 23.0. The van der Waals surface area contributed by atoms with E-state index in [0.717, 1.165) is 23.4 Å². The largest absolute Gasteiger partial charge is 0.483 e. The van der Waals surface area contributed by atoms with Crippen molar-refractivity contribution in [3.8, 4) is 5.75 Å². The molecule has 4 rings (SSSR count). The molecular weight excluding hydrogens is 787 g/mol. The molecule has 0 spiro atoms. The number of rotatable bonds is 11. The molecule has 3 aromatic rings. The maximum atomic E-state index is 13.4. The van der Waals surface area contributed by atoms with Crippen LogP contribution in [0.5, 0.6) is 5.75 Å². The smallest absolute Gasteiger partial charge is 0.268 e. The van der Waals surface area contributed by atoms with Crippen LogP contribution in [0.2, 0.25) is 15.1 Å². The van der Waals surface area contributed by atoms with Gasteiger partial charge in [-0.1, -0.05) is 106 Å². The molecule has 15 heteroatoms. The van der Waals surface area contributed by atoms with Gasteiger partial charge in [0, 0.05) is 21.8 Å². The molecular formula is C35H40BrCl3N6O4S. The number of nitrogens with zero attached hydrogens (tertiary/aromatic N) is 2. The summed E-state index contributed by atoms with van der Waals surface area (Å²) in [5.41, 5.74) is 8.25. The molecule has 0 aliphatic carbocycles. The van der Waals surface area contributed by atoms with Gasteiger partial charge in [-0.2, -0.15) is 5.01 Å². The number of nitrogens with one attached hydrogen (secondary N) is 3.